The Morgan fingerprint density at radius 3 is 2.50 bits per heavy atom. The number of amides is 1. The van der Waals surface area contributed by atoms with E-state index in [2.05, 4.69) is 5.32 Å². The molecule has 2 aliphatic rings. The van der Waals surface area contributed by atoms with Crippen molar-refractivity contribution in [1.29, 1.82) is 0 Å². The van der Waals surface area contributed by atoms with E-state index >= 15 is 0 Å². The lowest BCUT2D eigenvalue weighted by Gasteiger charge is -2.32. The molecule has 1 saturated heterocycles. The number of carbonyl (C=O) groups is 1. The average Bonchev–Trinajstić information content (AvgIpc) is 3.32. The maximum atomic E-state index is 12.5. The van der Waals surface area contributed by atoms with E-state index in [9.17, 15) is 4.79 Å². The van der Waals surface area contributed by atoms with Crippen molar-refractivity contribution < 1.29 is 4.79 Å². The molecule has 22 heavy (non-hydrogen) atoms. The van der Waals surface area contributed by atoms with Crippen LogP contribution in [0.4, 0.5) is 0 Å². The largest absolute Gasteiger partial charge is 0.338 e. The molecule has 1 N–H and O–H groups in total. The van der Waals surface area contributed by atoms with Crippen molar-refractivity contribution in [2.45, 2.75) is 31.7 Å². The van der Waals surface area contributed by atoms with Crippen molar-refractivity contribution >= 4 is 41.5 Å². The highest BCUT2D eigenvalue weighted by Crippen LogP contribution is 2.28. The number of benzene rings is 1. The van der Waals surface area contributed by atoms with Crippen LogP contribution in [-0.2, 0) is 0 Å². The zero-order valence-electron chi connectivity index (χ0n) is 12.4. The molecule has 3 nitrogen and oxygen atoms in total. The van der Waals surface area contributed by atoms with Gasteiger partial charge >= 0.3 is 0 Å². The van der Waals surface area contributed by atoms with Crippen LogP contribution in [0.1, 0.15) is 36.0 Å². The predicted molar refractivity (Wildman–Crippen MR) is 93.4 cm³/mol. The lowest BCUT2D eigenvalue weighted by Crippen LogP contribution is -2.45. The van der Waals surface area contributed by atoms with E-state index < -0.39 is 0 Å². The number of carbonyl (C=O) groups excluding carboxylic acids is 1. The maximum Gasteiger partial charge on any atom is 0.255 e. The van der Waals surface area contributed by atoms with Crippen molar-refractivity contribution in [3.63, 3.8) is 0 Å². The number of nitrogens with one attached hydrogen (secondary N) is 1. The normalized spacial score (nSPS) is 18.9. The molecule has 0 spiro atoms. The van der Waals surface area contributed by atoms with E-state index in [1.165, 1.54) is 12.8 Å². The molecule has 1 aliphatic carbocycles. The third-order valence-electron chi connectivity index (χ3n) is 4.33. The Morgan fingerprint density at radius 2 is 1.86 bits per heavy atom. The van der Waals surface area contributed by atoms with E-state index in [-0.39, 0.29) is 18.3 Å². The zero-order chi connectivity index (χ0) is 14.8. The van der Waals surface area contributed by atoms with Gasteiger partial charge in [0, 0.05) is 24.2 Å². The number of hydrogen-bond donors (Lipinski definition) is 1. The molecule has 0 bridgehead atoms. The van der Waals surface area contributed by atoms with Gasteiger partial charge in [-0.2, -0.15) is 0 Å². The summed E-state index contributed by atoms with van der Waals surface area (Å²) in [5.41, 5.74) is 0.508. The van der Waals surface area contributed by atoms with E-state index in [0.717, 1.165) is 38.4 Å². The van der Waals surface area contributed by atoms with Gasteiger partial charge in [0.15, 0.2) is 0 Å². The second kappa shape index (κ2) is 7.87. The number of halogens is 3. The first-order chi connectivity index (χ1) is 10.1. The van der Waals surface area contributed by atoms with Crippen LogP contribution in [0.15, 0.2) is 18.2 Å². The van der Waals surface area contributed by atoms with Crippen molar-refractivity contribution in [3.8, 4) is 0 Å². The van der Waals surface area contributed by atoms with Gasteiger partial charge in [-0.25, -0.2) is 0 Å². The fourth-order valence-electron chi connectivity index (χ4n) is 2.77. The first kappa shape index (κ1) is 17.9. The molecule has 122 valence electrons. The topological polar surface area (TPSA) is 32.3 Å². The van der Waals surface area contributed by atoms with Crippen LogP contribution in [0.25, 0.3) is 0 Å². The SMILES string of the molecule is Cl.O=C(c1cc(Cl)ccc1Cl)N1CCC(NCC2CC2)CC1. The highest BCUT2D eigenvalue weighted by atomic mass is 35.5. The van der Waals surface area contributed by atoms with Gasteiger partial charge in [0.2, 0.25) is 0 Å². The molecule has 0 radical (unpaired) electrons. The van der Waals surface area contributed by atoms with Crippen LogP contribution in [0.5, 0.6) is 0 Å². The fourth-order valence-corrected chi connectivity index (χ4v) is 3.14. The Kier molecular flexibility index (Phi) is 6.39. The lowest BCUT2D eigenvalue weighted by molar-refractivity contribution is 0.0705. The molecule has 3 rings (SSSR count). The quantitative estimate of drug-likeness (QED) is 0.876. The Balaban J connectivity index is 0.00000176. The highest BCUT2D eigenvalue weighted by Gasteiger charge is 2.27. The second-order valence-corrected chi connectivity index (χ2v) is 6.89. The molecule has 1 aromatic carbocycles. The molecular weight excluding hydrogens is 343 g/mol. The molecule has 1 heterocycles. The Labute approximate surface area is 147 Å². The first-order valence-corrected chi connectivity index (χ1v) is 8.37. The van der Waals surface area contributed by atoms with E-state index in [4.69, 9.17) is 23.2 Å². The Bertz CT molecular complexity index is 526. The summed E-state index contributed by atoms with van der Waals surface area (Å²) >= 11 is 12.1. The summed E-state index contributed by atoms with van der Waals surface area (Å²) in [6, 6.07) is 5.59. The van der Waals surface area contributed by atoms with E-state index in [0.29, 0.717) is 21.7 Å². The zero-order valence-corrected chi connectivity index (χ0v) is 14.7. The summed E-state index contributed by atoms with van der Waals surface area (Å²) in [4.78, 5) is 14.4. The van der Waals surface area contributed by atoms with Crippen LogP contribution in [0.2, 0.25) is 10.0 Å². The fraction of sp³-hybridized carbons (Fsp3) is 0.562. The molecule has 6 heteroatoms. The van der Waals surface area contributed by atoms with Gasteiger partial charge in [0.05, 0.1) is 10.6 Å². The third kappa shape index (κ3) is 4.51. The summed E-state index contributed by atoms with van der Waals surface area (Å²) < 4.78 is 0. The summed E-state index contributed by atoms with van der Waals surface area (Å²) in [5.74, 6) is 0.887. The summed E-state index contributed by atoms with van der Waals surface area (Å²) in [7, 11) is 0. The van der Waals surface area contributed by atoms with Crippen molar-refractivity contribution in [1.82, 2.24) is 10.2 Å². The average molecular weight is 364 g/mol. The highest BCUT2D eigenvalue weighted by molar-refractivity contribution is 6.35. The van der Waals surface area contributed by atoms with Crippen molar-refractivity contribution in [2.75, 3.05) is 19.6 Å². The smallest absolute Gasteiger partial charge is 0.255 e. The van der Waals surface area contributed by atoms with Crippen LogP contribution in [-0.4, -0.2) is 36.5 Å². The molecule has 0 atom stereocenters. The van der Waals surface area contributed by atoms with Gasteiger partial charge in [-0.3, -0.25) is 4.79 Å². The molecule has 1 amide bonds. The summed E-state index contributed by atoms with van der Waals surface area (Å²) in [6.45, 7) is 2.70. The van der Waals surface area contributed by atoms with Gasteiger partial charge in [0.1, 0.15) is 0 Å². The van der Waals surface area contributed by atoms with Gasteiger partial charge in [0.25, 0.3) is 5.91 Å². The van der Waals surface area contributed by atoms with Gasteiger partial charge in [-0.15, -0.1) is 12.4 Å². The third-order valence-corrected chi connectivity index (χ3v) is 4.90. The number of rotatable bonds is 4. The van der Waals surface area contributed by atoms with Crippen LogP contribution < -0.4 is 5.32 Å². The minimum atomic E-state index is -0.0110. The number of nitrogens with zero attached hydrogens (tertiary/aromatic N) is 1. The number of likely N-dealkylation sites (tertiary alicyclic amines) is 1. The van der Waals surface area contributed by atoms with Gasteiger partial charge < -0.3 is 10.2 Å². The van der Waals surface area contributed by atoms with Crippen LogP contribution in [0.3, 0.4) is 0 Å². The minimum absolute atomic E-state index is 0. The molecular formula is C16H21Cl3N2O. The number of hydrogen-bond acceptors (Lipinski definition) is 2. The minimum Gasteiger partial charge on any atom is -0.338 e. The van der Waals surface area contributed by atoms with Crippen LogP contribution in [0, 0.1) is 5.92 Å². The van der Waals surface area contributed by atoms with E-state index in [1.54, 1.807) is 18.2 Å². The second-order valence-electron chi connectivity index (χ2n) is 6.04. The molecule has 1 aromatic rings. The molecule has 0 aromatic heterocycles. The number of piperidine rings is 1. The van der Waals surface area contributed by atoms with Crippen LogP contribution >= 0.6 is 35.6 Å². The lowest BCUT2D eigenvalue weighted by atomic mass is 10.0. The van der Waals surface area contributed by atoms with Gasteiger partial charge in [-0.1, -0.05) is 23.2 Å². The molecule has 0 unspecified atom stereocenters. The standard InChI is InChI=1S/C16H20Cl2N2O.ClH/c17-12-3-4-15(18)14(9-12)16(21)20-7-5-13(6-8-20)19-10-11-1-2-11;/h3-4,9,11,13,19H,1-2,5-8,10H2;1H. The monoisotopic (exact) mass is 362 g/mol. The molecule has 2 fully saturated rings. The van der Waals surface area contributed by atoms with Crippen molar-refractivity contribution in [2.24, 2.45) is 5.92 Å². The first-order valence-electron chi connectivity index (χ1n) is 7.61. The van der Waals surface area contributed by atoms with E-state index in [1.807, 2.05) is 4.90 Å². The molecule has 1 saturated carbocycles. The Morgan fingerprint density at radius 1 is 1.18 bits per heavy atom. The predicted octanol–water partition coefficient (Wildman–Crippen LogP) is 4.02. The maximum absolute atomic E-state index is 12.5. The Hall–Kier alpha value is -0.480. The van der Waals surface area contributed by atoms with Gasteiger partial charge in [-0.05, 0) is 56.3 Å². The van der Waals surface area contributed by atoms with Crippen molar-refractivity contribution in [3.05, 3.63) is 33.8 Å². The molecule has 1 aliphatic heterocycles. The summed E-state index contributed by atoms with van der Waals surface area (Å²) in [5, 5.41) is 4.63. The summed E-state index contributed by atoms with van der Waals surface area (Å²) in [6.07, 6.45) is 4.77.